The molecule has 0 aromatic carbocycles. The molecule has 4 aliphatic heterocycles. The lowest BCUT2D eigenvalue weighted by atomic mass is 9.87. The van der Waals surface area contributed by atoms with Gasteiger partial charge in [0.25, 0.3) is 0 Å². The number of hydrogen-bond donors (Lipinski definition) is 0. The molecule has 4 aliphatic rings. The third-order valence-corrected chi connectivity index (χ3v) is 7.23. The third-order valence-electron chi connectivity index (χ3n) is 3.64. The Balaban J connectivity index is 1.81. The Morgan fingerprint density at radius 1 is 1.08 bits per heavy atom. The van der Waals surface area contributed by atoms with Crippen molar-refractivity contribution < 1.29 is 0 Å². The zero-order valence-electron chi connectivity index (χ0n) is 8.00. The van der Waals surface area contributed by atoms with Gasteiger partial charge in [-0.15, -0.1) is 23.5 Å². The monoisotopic (exact) mass is 215 g/mol. The van der Waals surface area contributed by atoms with Crippen LogP contribution in [0.1, 0.15) is 19.3 Å². The Kier molecular flexibility index (Phi) is 2.30. The summed E-state index contributed by atoms with van der Waals surface area (Å²) in [4.78, 5) is 2.69. The fourth-order valence-corrected chi connectivity index (χ4v) is 6.66. The quantitative estimate of drug-likeness (QED) is 0.610. The van der Waals surface area contributed by atoms with Crippen molar-refractivity contribution in [2.24, 2.45) is 5.92 Å². The summed E-state index contributed by atoms with van der Waals surface area (Å²) in [6, 6.07) is 0. The zero-order chi connectivity index (χ0) is 8.73. The van der Waals surface area contributed by atoms with Crippen molar-refractivity contribution in [3.05, 3.63) is 0 Å². The van der Waals surface area contributed by atoms with Crippen molar-refractivity contribution in [1.82, 2.24) is 4.90 Å². The molecule has 4 saturated heterocycles. The molecular weight excluding hydrogens is 198 g/mol. The number of fused-ring (bicyclic) bond motifs is 2. The summed E-state index contributed by atoms with van der Waals surface area (Å²) in [7, 11) is 0. The van der Waals surface area contributed by atoms with Crippen LogP contribution in [0.3, 0.4) is 0 Å². The molecule has 4 fully saturated rings. The van der Waals surface area contributed by atoms with Crippen LogP contribution in [0, 0.1) is 5.92 Å². The molecule has 74 valence electrons. The summed E-state index contributed by atoms with van der Waals surface area (Å²) in [6.07, 6.45) is 4.38. The van der Waals surface area contributed by atoms with Crippen molar-refractivity contribution in [2.45, 2.75) is 23.3 Å². The molecule has 1 spiro atoms. The normalized spacial score (nSPS) is 42.5. The molecule has 1 nitrogen and oxygen atoms in total. The van der Waals surface area contributed by atoms with E-state index >= 15 is 0 Å². The van der Waals surface area contributed by atoms with Gasteiger partial charge in [0, 0.05) is 6.54 Å². The SMILES string of the molecule is C1CSC2(CN3CCC2CC3)SC1. The summed E-state index contributed by atoms with van der Waals surface area (Å²) < 4.78 is 0.634. The molecule has 0 aromatic rings. The van der Waals surface area contributed by atoms with E-state index in [0.29, 0.717) is 4.08 Å². The van der Waals surface area contributed by atoms with Gasteiger partial charge >= 0.3 is 0 Å². The van der Waals surface area contributed by atoms with E-state index in [-0.39, 0.29) is 0 Å². The lowest BCUT2D eigenvalue weighted by Crippen LogP contribution is -2.56. The highest BCUT2D eigenvalue weighted by atomic mass is 32.2. The Hall–Kier alpha value is 0.660. The molecule has 0 N–H and O–H groups in total. The van der Waals surface area contributed by atoms with Gasteiger partial charge in [-0.1, -0.05) is 0 Å². The molecule has 0 radical (unpaired) electrons. The smallest absolute Gasteiger partial charge is 0.0766 e. The highest BCUT2D eigenvalue weighted by Gasteiger charge is 2.48. The number of hydrogen-bond acceptors (Lipinski definition) is 3. The minimum absolute atomic E-state index is 0.634. The summed E-state index contributed by atoms with van der Waals surface area (Å²) in [5.41, 5.74) is 0. The van der Waals surface area contributed by atoms with Gasteiger partial charge in [-0.05, 0) is 49.8 Å². The van der Waals surface area contributed by atoms with Gasteiger partial charge in [0.05, 0.1) is 4.08 Å². The van der Waals surface area contributed by atoms with E-state index in [0.717, 1.165) is 5.92 Å². The predicted octanol–water partition coefficient (Wildman–Crippen LogP) is 2.28. The lowest BCUT2D eigenvalue weighted by molar-refractivity contribution is 0.106. The van der Waals surface area contributed by atoms with E-state index < -0.39 is 0 Å². The first-order valence-electron chi connectivity index (χ1n) is 5.39. The lowest BCUT2D eigenvalue weighted by Gasteiger charge is -2.53. The minimum atomic E-state index is 0.634. The van der Waals surface area contributed by atoms with E-state index in [1.54, 1.807) is 0 Å². The van der Waals surface area contributed by atoms with Crippen molar-refractivity contribution in [3.63, 3.8) is 0 Å². The molecule has 0 aromatic heterocycles. The molecule has 4 heterocycles. The van der Waals surface area contributed by atoms with E-state index in [1.807, 2.05) is 0 Å². The van der Waals surface area contributed by atoms with E-state index in [9.17, 15) is 0 Å². The van der Waals surface area contributed by atoms with Gasteiger partial charge in [0.15, 0.2) is 0 Å². The average Bonchev–Trinajstić information content (AvgIpc) is 2.20. The molecule has 13 heavy (non-hydrogen) atoms. The van der Waals surface area contributed by atoms with E-state index in [1.165, 1.54) is 50.4 Å². The molecule has 0 unspecified atom stereocenters. The Labute approximate surface area is 89.0 Å². The van der Waals surface area contributed by atoms with Gasteiger partial charge in [0.2, 0.25) is 0 Å². The number of piperidine rings is 3. The van der Waals surface area contributed by atoms with Crippen LogP contribution in [0.2, 0.25) is 0 Å². The average molecular weight is 215 g/mol. The van der Waals surface area contributed by atoms with Gasteiger partial charge in [0.1, 0.15) is 0 Å². The van der Waals surface area contributed by atoms with Gasteiger partial charge in [-0.25, -0.2) is 0 Å². The number of rotatable bonds is 0. The van der Waals surface area contributed by atoms with Crippen molar-refractivity contribution in [3.8, 4) is 0 Å². The Bertz CT molecular complexity index is 193. The van der Waals surface area contributed by atoms with Crippen LogP contribution in [-0.2, 0) is 0 Å². The van der Waals surface area contributed by atoms with Crippen LogP contribution >= 0.6 is 23.5 Å². The zero-order valence-corrected chi connectivity index (χ0v) is 9.63. The maximum atomic E-state index is 2.69. The molecule has 0 saturated carbocycles. The predicted molar refractivity (Wildman–Crippen MR) is 61.4 cm³/mol. The highest BCUT2D eigenvalue weighted by molar-refractivity contribution is 8.18. The molecule has 4 rings (SSSR count). The van der Waals surface area contributed by atoms with Crippen LogP contribution in [0.15, 0.2) is 0 Å². The second kappa shape index (κ2) is 3.35. The second-order valence-electron chi connectivity index (χ2n) is 4.41. The maximum Gasteiger partial charge on any atom is 0.0766 e. The minimum Gasteiger partial charge on any atom is -0.301 e. The van der Waals surface area contributed by atoms with Crippen LogP contribution in [0.5, 0.6) is 0 Å². The fraction of sp³-hybridized carbons (Fsp3) is 1.00. The first-order chi connectivity index (χ1) is 6.39. The summed E-state index contributed by atoms with van der Waals surface area (Å²) >= 11 is 4.54. The number of thioether (sulfide) groups is 2. The van der Waals surface area contributed by atoms with Gasteiger partial charge < -0.3 is 4.90 Å². The first-order valence-corrected chi connectivity index (χ1v) is 7.36. The van der Waals surface area contributed by atoms with Crippen molar-refractivity contribution in [2.75, 3.05) is 31.1 Å². The van der Waals surface area contributed by atoms with E-state index in [4.69, 9.17) is 0 Å². The van der Waals surface area contributed by atoms with Crippen molar-refractivity contribution in [1.29, 1.82) is 0 Å². The van der Waals surface area contributed by atoms with Crippen LogP contribution in [-0.4, -0.2) is 40.1 Å². The third kappa shape index (κ3) is 1.44. The number of nitrogens with zero attached hydrogens (tertiary/aromatic N) is 1. The molecule has 0 amide bonds. The molecule has 2 bridgehead atoms. The summed E-state index contributed by atoms with van der Waals surface area (Å²) in [5.74, 6) is 3.86. The topological polar surface area (TPSA) is 3.24 Å². The second-order valence-corrected chi connectivity index (χ2v) is 7.52. The first kappa shape index (κ1) is 8.93. The molecule has 0 atom stereocenters. The van der Waals surface area contributed by atoms with Crippen LogP contribution < -0.4 is 0 Å². The van der Waals surface area contributed by atoms with Gasteiger partial charge in [-0.3, -0.25) is 0 Å². The summed E-state index contributed by atoms with van der Waals surface area (Å²) in [5, 5.41) is 0. The summed E-state index contributed by atoms with van der Waals surface area (Å²) in [6.45, 7) is 4.15. The Morgan fingerprint density at radius 2 is 1.77 bits per heavy atom. The van der Waals surface area contributed by atoms with Crippen molar-refractivity contribution >= 4 is 23.5 Å². The molecular formula is C10H17NS2. The molecule has 0 aliphatic carbocycles. The highest BCUT2D eigenvalue weighted by Crippen LogP contribution is 2.54. The molecule has 3 heteroatoms. The van der Waals surface area contributed by atoms with Crippen LogP contribution in [0.4, 0.5) is 0 Å². The maximum absolute atomic E-state index is 2.69. The van der Waals surface area contributed by atoms with Gasteiger partial charge in [-0.2, -0.15) is 0 Å². The van der Waals surface area contributed by atoms with E-state index in [2.05, 4.69) is 28.4 Å². The van der Waals surface area contributed by atoms with Crippen LogP contribution in [0.25, 0.3) is 0 Å². The largest absolute Gasteiger partial charge is 0.301 e. The standard InChI is InChI=1S/C10H17NS2/c1-6-12-10(13-7-1)8-11-4-2-9(10)3-5-11/h9H,1-8H2. The Morgan fingerprint density at radius 3 is 2.31 bits per heavy atom. The fourth-order valence-electron chi connectivity index (χ4n) is 2.89.